The summed E-state index contributed by atoms with van der Waals surface area (Å²) in [5.41, 5.74) is 1.99. The lowest BCUT2D eigenvalue weighted by Crippen LogP contribution is -2.18. The zero-order chi connectivity index (χ0) is 11.7. The zero-order valence-electron chi connectivity index (χ0n) is 9.70. The summed E-state index contributed by atoms with van der Waals surface area (Å²) in [5.74, 6) is 0.864. The van der Waals surface area contributed by atoms with Crippen molar-refractivity contribution in [2.45, 2.75) is 19.4 Å². The summed E-state index contributed by atoms with van der Waals surface area (Å²) in [4.78, 5) is 14.4. The molecule has 1 aromatic carbocycles. The predicted octanol–water partition coefficient (Wildman–Crippen LogP) is 2.03. The van der Waals surface area contributed by atoms with Gasteiger partial charge in [-0.1, -0.05) is 18.2 Å². The average Bonchev–Trinajstić information content (AvgIpc) is 3.13. The fraction of sp³-hybridized carbons (Fsp3) is 0.357. The Bertz CT molecular complexity index is 584. The zero-order valence-corrected chi connectivity index (χ0v) is 9.70. The number of hydrogen-bond acceptors (Lipinski definition) is 2. The summed E-state index contributed by atoms with van der Waals surface area (Å²) < 4.78 is 0. The van der Waals surface area contributed by atoms with Gasteiger partial charge in [-0.3, -0.25) is 4.79 Å². The van der Waals surface area contributed by atoms with E-state index in [1.807, 2.05) is 18.2 Å². The molecule has 0 radical (unpaired) electrons. The third kappa shape index (κ3) is 2.39. The Kier molecular flexibility index (Phi) is 2.69. The number of hydrogen-bond donors (Lipinski definition) is 2. The van der Waals surface area contributed by atoms with Gasteiger partial charge in [0.15, 0.2) is 0 Å². The average molecular weight is 228 g/mol. The molecule has 1 fully saturated rings. The fourth-order valence-corrected chi connectivity index (χ4v) is 2.16. The van der Waals surface area contributed by atoms with E-state index >= 15 is 0 Å². The van der Waals surface area contributed by atoms with E-state index in [0.717, 1.165) is 35.5 Å². The molecule has 1 saturated carbocycles. The van der Waals surface area contributed by atoms with Crippen LogP contribution in [0.15, 0.2) is 35.1 Å². The lowest BCUT2D eigenvalue weighted by Gasteiger charge is -2.07. The van der Waals surface area contributed by atoms with Gasteiger partial charge in [-0.05, 0) is 36.9 Å². The number of fused-ring (bicyclic) bond motifs is 1. The number of nitrogens with one attached hydrogen (secondary N) is 2. The van der Waals surface area contributed by atoms with Gasteiger partial charge in [0.1, 0.15) is 0 Å². The quantitative estimate of drug-likeness (QED) is 0.841. The Balaban J connectivity index is 1.87. The van der Waals surface area contributed by atoms with Crippen LogP contribution in [0.1, 0.15) is 18.4 Å². The summed E-state index contributed by atoms with van der Waals surface area (Å²) in [6.07, 6.45) is 2.70. The molecule has 3 rings (SSSR count). The van der Waals surface area contributed by atoms with Gasteiger partial charge in [-0.25, -0.2) is 0 Å². The third-order valence-corrected chi connectivity index (χ3v) is 3.28. The maximum absolute atomic E-state index is 11.5. The van der Waals surface area contributed by atoms with E-state index in [4.69, 9.17) is 0 Å². The molecule has 0 saturated heterocycles. The minimum Gasteiger partial charge on any atom is -0.322 e. The van der Waals surface area contributed by atoms with Crippen molar-refractivity contribution in [2.24, 2.45) is 5.92 Å². The summed E-state index contributed by atoms with van der Waals surface area (Å²) in [7, 11) is 0. The van der Waals surface area contributed by atoms with E-state index < -0.39 is 0 Å². The SMILES string of the molecule is O=c1cc(CNCC2CC2)c2ccccc2[nH]1. The molecule has 0 spiro atoms. The molecule has 2 aromatic rings. The second-order valence-electron chi connectivity index (χ2n) is 4.78. The molecular formula is C14H16N2O. The molecule has 0 bridgehead atoms. The van der Waals surface area contributed by atoms with Crippen LogP contribution in [-0.4, -0.2) is 11.5 Å². The molecule has 1 heterocycles. The first-order valence-corrected chi connectivity index (χ1v) is 6.14. The number of pyridine rings is 1. The van der Waals surface area contributed by atoms with E-state index in [2.05, 4.69) is 16.4 Å². The molecule has 0 atom stereocenters. The van der Waals surface area contributed by atoms with E-state index in [1.54, 1.807) is 6.07 Å². The normalized spacial score (nSPS) is 15.3. The van der Waals surface area contributed by atoms with Crippen LogP contribution < -0.4 is 10.9 Å². The largest absolute Gasteiger partial charge is 0.322 e. The van der Waals surface area contributed by atoms with Crippen LogP contribution in [0.25, 0.3) is 10.9 Å². The highest BCUT2D eigenvalue weighted by Crippen LogP contribution is 2.27. The van der Waals surface area contributed by atoms with E-state index in [-0.39, 0.29) is 5.56 Å². The Hall–Kier alpha value is -1.61. The maximum atomic E-state index is 11.5. The van der Waals surface area contributed by atoms with Crippen LogP contribution >= 0.6 is 0 Å². The summed E-state index contributed by atoms with van der Waals surface area (Å²) in [5, 5.41) is 4.56. The molecule has 1 aliphatic rings. The summed E-state index contributed by atoms with van der Waals surface area (Å²) in [6.45, 7) is 1.85. The van der Waals surface area contributed by atoms with Gasteiger partial charge in [-0.2, -0.15) is 0 Å². The molecule has 88 valence electrons. The van der Waals surface area contributed by atoms with Gasteiger partial charge in [0.05, 0.1) is 0 Å². The van der Waals surface area contributed by atoms with Crippen molar-refractivity contribution < 1.29 is 0 Å². The van der Waals surface area contributed by atoms with Gasteiger partial charge >= 0.3 is 0 Å². The van der Waals surface area contributed by atoms with Crippen LogP contribution in [0.3, 0.4) is 0 Å². The molecule has 0 amide bonds. The monoisotopic (exact) mass is 228 g/mol. The number of rotatable bonds is 4. The van der Waals surface area contributed by atoms with E-state index in [9.17, 15) is 4.79 Å². The van der Waals surface area contributed by atoms with Crippen molar-refractivity contribution in [2.75, 3.05) is 6.54 Å². The third-order valence-electron chi connectivity index (χ3n) is 3.28. The minimum atomic E-state index is -0.0214. The Morgan fingerprint density at radius 1 is 1.29 bits per heavy atom. The van der Waals surface area contributed by atoms with Crippen LogP contribution in [0.5, 0.6) is 0 Å². The smallest absolute Gasteiger partial charge is 0.248 e. The van der Waals surface area contributed by atoms with Gasteiger partial charge in [-0.15, -0.1) is 0 Å². The Morgan fingerprint density at radius 3 is 2.94 bits per heavy atom. The number of H-pyrrole nitrogens is 1. The van der Waals surface area contributed by atoms with E-state index in [0.29, 0.717) is 0 Å². The second kappa shape index (κ2) is 4.34. The number of benzene rings is 1. The number of para-hydroxylation sites is 1. The molecular weight excluding hydrogens is 212 g/mol. The maximum Gasteiger partial charge on any atom is 0.248 e. The standard InChI is InChI=1S/C14H16N2O/c17-14-7-11(9-15-8-10-5-6-10)12-3-1-2-4-13(12)16-14/h1-4,7,10,15H,5-6,8-9H2,(H,16,17). The van der Waals surface area contributed by atoms with Crippen molar-refractivity contribution in [3.05, 3.63) is 46.2 Å². The van der Waals surface area contributed by atoms with Crippen molar-refractivity contribution in [3.8, 4) is 0 Å². The number of aromatic amines is 1. The van der Waals surface area contributed by atoms with Crippen LogP contribution in [0, 0.1) is 5.92 Å². The molecule has 3 nitrogen and oxygen atoms in total. The van der Waals surface area contributed by atoms with Crippen molar-refractivity contribution in [3.63, 3.8) is 0 Å². The van der Waals surface area contributed by atoms with Crippen LogP contribution in [-0.2, 0) is 6.54 Å². The van der Waals surface area contributed by atoms with Crippen LogP contribution in [0.2, 0.25) is 0 Å². The first-order valence-electron chi connectivity index (χ1n) is 6.14. The van der Waals surface area contributed by atoms with E-state index in [1.165, 1.54) is 12.8 Å². The highest BCUT2D eigenvalue weighted by atomic mass is 16.1. The predicted molar refractivity (Wildman–Crippen MR) is 69.0 cm³/mol. The lowest BCUT2D eigenvalue weighted by molar-refractivity contribution is 0.640. The molecule has 0 unspecified atom stereocenters. The van der Waals surface area contributed by atoms with Gasteiger partial charge in [0, 0.05) is 23.5 Å². The molecule has 1 aliphatic carbocycles. The molecule has 3 heteroatoms. The van der Waals surface area contributed by atoms with Crippen molar-refractivity contribution in [1.29, 1.82) is 0 Å². The topological polar surface area (TPSA) is 44.9 Å². The molecule has 1 aromatic heterocycles. The minimum absolute atomic E-state index is 0.0214. The Morgan fingerprint density at radius 2 is 2.12 bits per heavy atom. The highest BCUT2D eigenvalue weighted by Gasteiger charge is 2.20. The van der Waals surface area contributed by atoms with Crippen molar-refractivity contribution in [1.82, 2.24) is 10.3 Å². The molecule has 0 aliphatic heterocycles. The van der Waals surface area contributed by atoms with Gasteiger partial charge < -0.3 is 10.3 Å². The highest BCUT2D eigenvalue weighted by molar-refractivity contribution is 5.81. The fourth-order valence-electron chi connectivity index (χ4n) is 2.16. The van der Waals surface area contributed by atoms with Gasteiger partial charge in [0.2, 0.25) is 5.56 Å². The first kappa shape index (κ1) is 10.5. The van der Waals surface area contributed by atoms with Crippen molar-refractivity contribution >= 4 is 10.9 Å². The summed E-state index contributed by atoms with van der Waals surface area (Å²) in [6, 6.07) is 9.65. The molecule has 2 N–H and O–H groups in total. The van der Waals surface area contributed by atoms with Gasteiger partial charge in [0.25, 0.3) is 0 Å². The lowest BCUT2D eigenvalue weighted by atomic mass is 10.1. The number of aromatic nitrogens is 1. The second-order valence-corrected chi connectivity index (χ2v) is 4.78. The first-order chi connectivity index (χ1) is 8.33. The molecule has 17 heavy (non-hydrogen) atoms. The Labute approximate surface area is 99.9 Å². The van der Waals surface area contributed by atoms with Crippen LogP contribution in [0.4, 0.5) is 0 Å². The summed E-state index contributed by atoms with van der Waals surface area (Å²) >= 11 is 0.